The molecule has 0 N–H and O–H groups in total. The second kappa shape index (κ2) is 5.55. The molecule has 3 heterocycles. The fraction of sp³-hybridized carbons (Fsp3) is 0.261. The first-order valence-corrected chi connectivity index (χ1v) is 10.1. The van der Waals surface area contributed by atoms with E-state index in [1.165, 1.54) is 43.4 Å². The molecule has 1 aliphatic heterocycles. The lowest BCUT2D eigenvalue weighted by molar-refractivity contribution is -0.633. The molecule has 0 amide bonds. The van der Waals surface area contributed by atoms with Gasteiger partial charge in [-0.1, -0.05) is 38.1 Å². The number of nitrogens with zero attached hydrogens (tertiary/aromatic N) is 1. The predicted octanol–water partition coefficient (Wildman–Crippen LogP) is 6.16. The zero-order valence-corrected chi connectivity index (χ0v) is 16.4. The van der Waals surface area contributed by atoms with E-state index in [0.717, 1.165) is 17.9 Å². The first-order chi connectivity index (χ1) is 12.6. The summed E-state index contributed by atoms with van der Waals surface area (Å²) in [5.74, 6) is 2.61. The number of aryl methyl sites for hydroxylation is 2. The SMILES string of the molecule is Cc1ccc2cccc3c2c1-c1c(c(CC(C)C)c2sccc2[n+]1C)O3. The van der Waals surface area contributed by atoms with Crippen LogP contribution in [0.3, 0.4) is 0 Å². The summed E-state index contributed by atoms with van der Waals surface area (Å²) in [7, 11) is 2.17. The van der Waals surface area contributed by atoms with Gasteiger partial charge in [0.1, 0.15) is 17.5 Å². The van der Waals surface area contributed by atoms with E-state index in [2.05, 4.69) is 74.2 Å². The molecule has 0 fully saturated rings. The van der Waals surface area contributed by atoms with Crippen molar-refractivity contribution in [2.75, 3.05) is 0 Å². The lowest BCUT2D eigenvalue weighted by Crippen LogP contribution is -2.34. The topological polar surface area (TPSA) is 13.1 Å². The summed E-state index contributed by atoms with van der Waals surface area (Å²) in [6.07, 6.45) is 1.03. The molecule has 2 aromatic heterocycles. The van der Waals surface area contributed by atoms with Crippen LogP contribution in [0, 0.1) is 12.8 Å². The first-order valence-electron chi connectivity index (χ1n) is 9.19. The van der Waals surface area contributed by atoms with Gasteiger partial charge in [-0.2, -0.15) is 4.57 Å². The van der Waals surface area contributed by atoms with Gasteiger partial charge in [-0.25, -0.2) is 0 Å². The molecule has 0 bridgehead atoms. The second-order valence-electron chi connectivity index (χ2n) is 7.66. The van der Waals surface area contributed by atoms with Crippen molar-refractivity contribution in [3.8, 4) is 22.8 Å². The minimum Gasteiger partial charge on any atom is -0.449 e. The molecule has 1 aliphatic rings. The predicted molar refractivity (Wildman–Crippen MR) is 109 cm³/mol. The molecule has 0 aliphatic carbocycles. The maximum Gasteiger partial charge on any atom is 0.257 e. The van der Waals surface area contributed by atoms with Crippen molar-refractivity contribution >= 4 is 32.3 Å². The maximum atomic E-state index is 6.58. The first kappa shape index (κ1) is 15.8. The summed E-state index contributed by atoms with van der Waals surface area (Å²) in [4.78, 5) is 0. The third kappa shape index (κ3) is 2.07. The van der Waals surface area contributed by atoms with Gasteiger partial charge in [0.05, 0.1) is 5.56 Å². The molecule has 2 nitrogen and oxygen atoms in total. The van der Waals surface area contributed by atoms with Crippen molar-refractivity contribution in [1.29, 1.82) is 0 Å². The Hall–Kier alpha value is -2.39. The van der Waals surface area contributed by atoms with Crippen LogP contribution < -0.4 is 9.30 Å². The average molecular weight is 361 g/mol. The van der Waals surface area contributed by atoms with Crippen LogP contribution >= 0.6 is 11.3 Å². The Labute approximate surface area is 157 Å². The lowest BCUT2D eigenvalue weighted by Gasteiger charge is -2.23. The number of pyridine rings is 1. The highest BCUT2D eigenvalue weighted by atomic mass is 32.1. The Bertz CT molecular complexity index is 1190. The molecule has 0 spiro atoms. The number of aromatic nitrogens is 1. The Morgan fingerprint density at radius 1 is 1.12 bits per heavy atom. The Kier molecular flexibility index (Phi) is 3.38. The molecular formula is C23H22NOS+. The summed E-state index contributed by atoms with van der Waals surface area (Å²) in [6, 6.07) is 13.0. The van der Waals surface area contributed by atoms with E-state index >= 15 is 0 Å². The van der Waals surface area contributed by atoms with Crippen LogP contribution in [-0.4, -0.2) is 0 Å². The molecule has 5 rings (SSSR count). The summed E-state index contributed by atoms with van der Waals surface area (Å²) in [6.45, 7) is 6.77. The van der Waals surface area contributed by atoms with E-state index in [1.54, 1.807) is 0 Å². The number of thiophene rings is 1. The van der Waals surface area contributed by atoms with Crippen LogP contribution in [0.5, 0.6) is 11.5 Å². The fourth-order valence-electron chi connectivity index (χ4n) is 4.25. The van der Waals surface area contributed by atoms with Crippen molar-refractivity contribution in [2.24, 2.45) is 13.0 Å². The molecule has 26 heavy (non-hydrogen) atoms. The van der Waals surface area contributed by atoms with Crippen molar-refractivity contribution in [2.45, 2.75) is 27.2 Å². The number of hydrogen-bond acceptors (Lipinski definition) is 2. The van der Waals surface area contributed by atoms with Gasteiger partial charge in [0.25, 0.3) is 5.69 Å². The van der Waals surface area contributed by atoms with Crippen molar-refractivity contribution < 1.29 is 9.30 Å². The molecule has 130 valence electrons. The molecule has 4 aromatic rings. The van der Waals surface area contributed by atoms with Gasteiger partial charge in [0, 0.05) is 17.0 Å². The van der Waals surface area contributed by atoms with Crippen LogP contribution in [0.15, 0.2) is 41.8 Å². The molecular weight excluding hydrogens is 338 g/mol. The Balaban J connectivity index is 1.99. The van der Waals surface area contributed by atoms with Gasteiger partial charge in [-0.3, -0.25) is 0 Å². The number of benzene rings is 2. The third-order valence-electron chi connectivity index (χ3n) is 5.38. The zero-order chi connectivity index (χ0) is 18.0. The van der Waals surface area contributed by atoms with Gasteiger partial charge in [0.15, 0.2) is 0 Å². The molecule has 3 heteroatoms. The highest BCUT2D eigenvalue weighted by molar-refractivity contribution is 7.17. The van der Waals surface area contributed by atoms with Gasteiger partial charge >= 0.3 is 0 Å². The molecule has 0 radical (unpaired) electrons. The normalized spacial score (nSPS) is 12.7. The quantitative estimate of drug-likeness (QED) is 0.344. The van der Waals surface area contributed by atoms with Crippen LogP contribution in [-0.2, 0) is 13.5 Å². The van der Waals surface area contributed by atoms with Crippen LogP contribution in [0.4, 0.5) is 0 Å². The van der Waals surface area contributed by atoms with Crippen LogP contribution in [0.1, 0.15) is 25.0 Å². The van der Waals surface area contributed by atoms with Crippen molar-refractivity contribution in [3.63, 3.8) is 0 Å². The molecule has 0 atom stereocenters. The minimum atomic E-state index is 0.578. The Morgan fingerprint density at radius 2 is 1.96 bits per heavy atom. The van der Waals surface area contributed by atoms with Gasteiger partial charge in [-0.05, 0) is 41.7 Å². The largest absolute Gasteiger partial charge is 0.449 e. The number of ether oxygens (including phenoxy) is 1. The monoisotopic (exact) mass is 360 g/mol. The summed E-state index contributed by atoms with van der Waals surface area (Å²) >= 11 is 1.82. The number of fused-ring (bicyclic) bond motifs is 3. The van der Waals surface area contributed by atoms with Crippen LogP contribution in [0.25, 0.3) is 32.2 Å². The van der Waals surface area contributed by atoms with Crippen LogP contribution in [0.2, 0.25) is 0 Å². The van der Waals surface area contributed by atoms with Crippen molar-refractivity contribution in [3.05, 3.63) is 52.9 Å². The third-order valence-corrected chi connectivity index (χ3v) is 6.34. The van der Waals surface area contributed by atoms with E-state index in [-0.39, 0.29) is 0 Å². The van der Waals surface area contributed by atoms with Gasteiger partial charge in [-0.15, -0.1) is 11.3 Å². The summed E-state index contributed by atoms with van der Waals surface area (Å²) in [5.41, 5.74) is 6.48. The second-order valence-corrected chi connectivity index (χ2v) is 8.58. The molecule has 0 saturated carbocycles. The van der Waals surface area contributed by atoms with Gasteiger partial charge < -0.3 is 4.74 Å². The summed E-state index contributed by atoms with van der Waals surface area (Å²) in [5, 5.41) is 4.67. The summed E-state index contributed by atoms with van der Waals surface area (Å²) < 4.78 is 10.3. The molecule has 0 saturated heterocycles. The van der Waals surface area contributed by atoms with Crippen molar-refractivity contribution in [1.82, 2.24) is 0 Å². The fourth-order valence-corrected chi connectivity index (χ4v) is 5.22. The molecule has 2 aromatic carbocycles. The number of rotatable bonds is 2. The Morgan fingerprint density at radius 3 is 2.77 bits per heavy atom. The van der Waals surface area contributed by atoms with E-state index in [9.17, 15) is 0 Å². The van der Waals surface area contributed by atoms with E-state index in [0.29, 0.717) is 5.92 Å². The standard InChI is InChI=1S/C23H22NOS/c1-13(2)12-16-22-21(24(4)17-10-11-26-23(16)17)19-14(3)8-9-15-6-5-7-18(25-22)20(15)19/h5-11,13H,12H2,1-4H3/q+1. The average Bonchev–Trinajstić information content (AvgIpc) is 3.10. The lowest BCUT2D eigenvalue weighted by atomic mass is 9.91. The van der Waals surface area contributed by atoms with Gasteiger partial charge in [0.2, 0.25) is 11.3 Å². The van der Waals surface area contributed by atoms with E-state index < -0.39 is 0 Å². The van der Waals surface area contributed by atoms with E-state index in [1.807, 2.05) is 11.3 Å². The molecule has 0 unspecified atom stereocenters. The van der Waals surface area contributed by atoms with E-state index in [4.69, 9.17) is 4.74 Å². The number of hydrogen-bond donors (Lipinski definition) is 0. The minimum absolute atomic E-state index is 0.578. The zero-order valence-electron chi connectivity index (χ0n) is 15.6. The highest BCUT2D eigenvalue weighted by Gasteiger charge is 2.34. The maximum absolute atomic E-state index is 6.58. The smallest absolute Gasteiger partial charge is 0.257 e. The highest BCUT2D eigenvalue weighted by Crippen LogP contribution is 2.49.